The summed E-state index contributed by atoms with van der Waals surface area (Å²) in [7, 11) is 0. The van der Waals surface area contributed by atoms with Gasteiger partial charge in [-0.25, -0.2) is 4.39 Å². The van der Waals surface area contributed by atoms with Gasteiger partial charge < -0.3 is 5.32 Å². The van der Waals surface area contributed by atoms with Crippen LogP contribution in [-0.2, 0) is 11.3 Å². The number of anilines is 1. The lowest BCUT2D eigenvalue weighted by molar-refractivity contribution is -0.119. The molecule has 2 aromatic heterocycles. The highest BCUT2D eigenvalue weighted by molar-refractivity contribution is 6.33. The van der Waals surface area contributed by atoms with Crippen molar-refractivity contribution in [2.45, 2.75) is 39.8 Å². The lowest BCUT2D eigenvalue weighted by atomic mass is 10.2. The molecule has 1 unspecified atom stereocenters. The molecule has 0 bridgehead atoms. The number of aryl methyl sites for hydroxylation is 1. The van der Waals surface area contributed by atoms with Gasteiger partial charge in [0.05, 0.1) is 23.0 Å². The molecule has 148 valence electrons. The normalized spacial score (nSPS) is 12.2. The third-order valence-electron chi connectivity index (χ3n) is 4.44. The standard InChI is InChI=1S/C19H20Cl2FN5O/c1-4-16(27-12(3)17(21)11(2)24-27)19(28)23-18-15(20)10-26(25-18)9-13-5-7-14(22)8-6-13/h5-8,10,16H,4,9H2,1-3H3,(H,23,25,28). The number of carbonyl (C=O) groups is 1. The molecule has 1 aromatic carbocycles. The van der Waals surface area contributed by atoms with Crippen molar-refractivity contribution in [3.63, 3.8) is 0 Å². The van der Waals surface area contributed by atoms with Gasteiger partial charge in [0.1, 0.15) is 16.9 Å². The summed E-state index contributed by atoms with van der Waals surface area (Å²) in [5.74, 6) is -0.316. The van der Waals surface area contributed by atoms with E-state index < -0.39 is 6.04 Å². The van der Waals surface area contributed by atoms with E-state index in [4.69, 9.17) is 23.2 Å². The first kappa shape index (κ1) is 20.4. The van der Waals surface area contributed by atoms with Crippen LogP contribution >= 0.6 is 23.2 Å². The summed E-state index contributed by atoms with van der Waals surface area (Å²) in [6.07, 6.45) is 2.14. The van der Waals surface area contributed by atoms with Crippen molar-refractivity contribution in [3.05, 3.63) is 63.3 Å². The minimum atomic E-state index is -0.537. The van der Waals surface area contributed by atoms with Gasteiger partial charge in [-0.05, 0) is 38.0 Å². The molecule has 2 heterocycles. The Balaban J connectivity index is 1.76. The van der Waals surface area contributed by atoms with Gasteiger partial charge in [-0.15, -0.1) is 0 Å². The van der Waals surface area contributed by atoms with Crippen LogP contribution < -0.4 is 5.32 Å². The molecular weight excluding hydrogens is 404 g/mol. The van der Waals surface area contributed by atoms with Gasteiger partial charge in [0.2, 0.25) is 5.91 Å². The molecule has 0 saturated carbocycles. The van der Waals surface area contributed by atoms with Crippen LogP contribution in [0.4, 0.5) is 10.2 Å². The van der Waals surface area contributed by atoms with E-state index >= 15 is 0 Å². The van der Waals surface area contributed by atoms with Gasteiger partial charge in [-0.1, -0.05) is 42.3 Å². The Morgan fingerprint density at radius 1 is 1.21 bits per heavy atom. The number of halogens is 3. The Morgan fingerprint density at radius 3 is 2.46 bits per heavy atom. The second-order valence-electron chi connectivity index (χ2n) is 6.49. The van der Waals surface area contributed by atoms with E-state index in [9.17, 15) is 9.18 Å². The Bertz CT molecular complexity index is 997. The summed E-state index contributed by atoms with van der Waals surface area (Å²) >= 11 is 12.4. The van der Waals surface area contributed by atoms with Crippen molar-refractivity contribution in [2.75, 3.05) is 5.32 Å². The number of carbonyl (C=O) groups excluding carboxylic acids is 1. The molecule has 0 saturated heterocycles. The maximum atomic E-state index is 13.0. The van der Waals surface area contributed by atoms with Crippen molar-refractivity contribution in [3.8, 4) is 0 Å². The number of nitrogens with one attached hydrogen (secondary N) is 1. The summed E-state index contributed by atoms with van der Waals surface area (Å²) in [5.41, 5.74) is 2.27. The molecule has 1 atom stereocenters. The van der Waals surface area contributed by atoms with Gasteiger partial charge in [0.25, 0.3) is 0 Å². The maximum Gasteiger partial charge on any atom is 0.250 e. The third-order valence-corrected chi connectivity index (χ3v) is 5.26. The highest BCUT2D eigenvalue weighted by Crippen LogP contribution is 2.26. The number of nitrogens with zero attached hydrogens (tertiary/aromatic N) is 4. The van der Waals surface area contributed by atoms with E-state index in [1.54, 1.807) is 34.6 Å². The van der Waals surface area contributed by atoms with Crippen LogP contribution in [0.15, 0.2) is 30.5 Å². The van der Waals surface area contributed by atoms with Crippen molar-refractivity contribution < 1.29 is 9.18 Å². The summed E-state index contributed by atoms with van der Waals surface area (Å²) in [4.78, 5) is 12.8. The van der Waals surface area contributed by atoms with Gasteiger partial charge in [-0.2, -0.15) is 10.2 Å². The number of hydrogen-bond acceptors (Lipinski definition) is 3. The number of hydrogen-bond donors (Lipinski definition) is 1. The molecule has 3 aromatic rings. The predicted molar refractivity (Wildman–Crippen MR) is 107 cm³/mol. The Kier molecular flexibility index (Phi) is 6.05. The summed E-state index contributed by atoms with van der Waals surface area (Å²) in [5, 5.41) is 12.3. The monoisotopic (exact) mass is 423 g/mol. The largest absolute Gasteiger partial charge is 0.306 e. The van der Waals surface area contributed by atoms with Crippen LogP contribution in [0.5, 0.6) is 0 Å². The van der Waals surface area contributed by atoms with Crippen LogP contribution in [0.2, 0.25) is 10.0 Å². The average Bonchev–Trinajstić information content (AvgIpc) is 3.12. The minimum Gasteiger partial charge on any atom is -0.306 e. The highest BCUT2D eigenvalue weighted by atomic mass is 35.5. The molecular formula is C19H20Cl2FN5O. The van der Waals surface area contributed by atoms with Gasteiger partial charge >= 0.3 is 0 Å². The zero-order valence-electron chi connectivity index (χ0n) is 15.7. The van der Waals surface area contributed by atoms with Crippen LogP contribution in [0, 0.1) is 19.7 Å². The van der Waals surface area contributed by atoms with E-state index in [0.717, 1.165) is 11.3 Å². The van der Waals surface area contributed by atoms with Crippen molar-refractivity contribution in [2.24, 2.45) is 0 Å². The van der Waals surface area contributed by atoms with E-state index in [2.05, 4.69) is 15.5 Å². The van der Waals surface area contributed by atoms with E-state index in [0.29, 0.717) is 28.7 Å². The van der Waals surface area contributed by atoms with Crippen molar-refractivity contribution in [1.82, 2.24) is 19.6 Å². The summed E-state index contributed by atoms with van der Waals surface area (Å²) in [6.45, 7) is 5.91. The zero-order chi connectivity index (χ0) is 20.4. The van der Waals surface area contributed by atoms with E-state index in [1.165, 1.54) is 12.1 Å². The van der Waals surface area contributed by atoms with Crippen LogP contribution in [-0.4, -0.2) is 25.5 Å². The summed E-state index contributed by atoms with van der Waals surface area (Å²) in [6, 6.07) is 5.57. The molecule has 1 N–H and O–H groups in total. The van der Waals surface area contributed by atoms with Gasteiger partial charge in [-0.3, -0.25) is 14.2 Å². The minimum absolute atomic E-state index is 0.264. The smallest absolute Gasteiger partial charge is 0.250 e. The second kappa shape index (κ2) is 8.32. The average molecular weight is 424 g/mol. The Labute approximate surface area is 172 Å². The maximum absolute atomic E-state index is 13.0. The molecule has 0 spiro atoms. The number of amides is 1. The summed E-state index contributed by atoms with van der Waals surface area (Å²) < 4.78 is 16.2. The van der Waals surface area contributed by atoms with Crippen LogP contribution in [0.25, 0.3) is 0 Å². The predicted octanol–water partition coefficient (Wildman–Crippen LogP) is 4.78. The fourth-order valence-corrected chi connectivity index (χ4v) is 3.28. The molecule has 0 aliphatic heterocycles. The lowest BCUT2D eigenvalue weighted by Gasteiger charge is -2.16. The number of rotatable bonds is 6. The molecule has 0 aliphatic carbocycles. The third kappa shape index (κ3) is 4.20. The Hall–Kier alpha value is -2.38. The van der Waals surface area contributed by atoms with Gasteiger partial charge in [0, 0.05) is 6.20 Å². The SMILES string of the molecule is CCC(C(=O)Nc1nn(Cc2ccc(F)cc2)cc1Cl)n1nc(C)c(Cl)c1C. The number of benzene rings is 1. The molecule has 9 heteroatoms. The molecule has 1 amide bonds. The van der Waals surface area contributed by atoms with Gasteiger partial charge in [0.15, 0.2) is 5.82 Å². The first-order chi connectivity index (χ1) is 13.3. The van der Waals surface area contributed by atoms with Crippen molar-refractivity contribution >= 4 is 34.9 Å². The molecule has 3 rings (SSSR count). The second-order valence-corrected chi connectivity index (χ2v) is 7.28. The molecule has 0 radical (unpaired) electrons. The Morgan fingerprint density at radius 2 is 1.89 bits per heavy atom. The highest BCUT2D eigenvalue weighted by Gasteiger charge is 2.24. The first-order valence-electron chi connectivity index (χ1n) is 8.79. The lowest BCUT2D eigenvalue weighted by Crippen LogP contribution is -2.27. The quantitative estimate of drug-likeness (QED) is 0.620. The first-order valence-corrected chi connectivity index (χ1v) is 9.55. The van der Waals surface area contributed by atoms with Crippen LogP contribution in [0.1, 0.15) is 36.3 Å². The zero-order valence-corrected chi connectivity index (χ0v) is 17.2. The van der Waals surface area contributed by atoms with Crippen LogP contribution in [0.3, 0.4) is 0 Å². The van der Waals surface area contributed by atoms with E-state index in [1.807, 2.05) is 13.8 Å². The topological polar surface area (TPSA) is 64.7 Å². The molecule has 6 nitrogen and oxygen atoms in total. The molecule has 0 aliphatic rings. The number of aromatic nitrogens is 4. The molecule has 28 heavy (non-hydrogen) atoms. The molecule has 0 fully saturated rings. The van der Waals surface area contributed by atoms with E-state index in [-0.39, 0.29) is 17.5 Å². The van der Waals surface area contributed by atoms with Crippen molar-refractivity contribution in [1.29, 1.82) is 0 Å². The fourth-order valence-electron chi connectivity index (χ4n) is 2.96. The fraction of sp³-hybridized carbons (Fsp3) is 0.316.